The average molecular weight is 427 g/mol. The number of methoxy groups -OCH3 is 1. The lowest BCUT2D eigenvalue weighted by molar-refractivity contribution is 0.413. The lowest BCUT2D eigenvalue weighted by atomic mass is 10.1. The second-order valence-electron chi connectivity index (χ2n) is 6.62. The van der Waals surface area contributed by atoms with Gasteiger partial charge in [-0.15, -0.1) is 10.2 Å². The van der Waals surface area contributed by atoms with Crippen LogP contribution in [0.5, 0.6) is 5.75 Å². The Kier molecular flexibility index (Phi) is 5.08. The first kappa shape index (κ1) is 19.8. The molecule has 1 N–H and O–H groups in total. The zero-order chi connectivity index (χ0) is 21.3. The largest absolute Gasteiger partial charge is 0.497 e. The molecule has 8 nitrogen and oxygen atoms in total. The van der Waals surface area contributed by atoms with E-state index in [0.29, 0.717) is 28.3 Å². The van der Waals surface area contributed by atoms with Gasteiger partial charge >= 0.3 is 0 Å². The van der Waals surface area contributed by atoms with Crippen molar-refractivity contribution in [2.24, 2.45) is 0 Å². The third kappa shape index (κ3) is 3.81. The van der Waals surface area contributed by atoms with E-state index in [0.717, 1.165) is 11.8 Å². The van der Waals surface area contributed by atoms with E-state index < -0.39 is 9.84 Å². The minimum absolute atomic E-state index is 0.00217. The van der Waals surface area contributed by atoms with E-state index in [2.05, 4.69) is 20.5 Å². The molecule has 0 bridgehead atoms. The summed E-state index contributed by atoms with van der Waals surface area (Å²) in [5.41, 5.74) is 2.45. The van der Waals surface area contributed by atoms with Gasteiger partial charge < -0.3 is 10.1 Å². The molecule has 3 aromatic heterocycles. The summed E-state index contributed by atoms with van der Waals surface area (Å²) in [4.78, 5) is 4.03. The number of nitrogens with one attached hydrogen (secondary N) is 1. The van der Waals surface area contributed by atoms with Gasteiger partial charge in [-0.3, -0.25) is 4.40 Å². The zero-order valence-corrected chi connectivity index (χ0v) is 17.0. The first-order chi connectivity index (χ1) is 14.4. The number of hydrogen-bond acceptors (Lipinski definition) is 7. The van der Waals surface area contributed by atoms with E-state index in [9.17, 15) is 12.8 Å². The van der Waals surface area contributed by atoms with E-state index in [-0.39, 0.29) is 17.4 Å². The summed E-state index contributed by atoms with van der Waals surface area (Å²) in [5, 5.41) is 11.3. The molecule has 0 aliphatic rings. The standard InChI is InChI=1S/C20H18FN5O3S/c1-29-15-4-6-17(21)14(9-15)11-22-18-7-5-16(20-25-24-12-26(18)20)13-3-8-19(23-10-13)30(2,27)28/h3-10,12,22H,11H2,1-2H3. The molecule has 0 saturated carbocycles. The number of benzene rings is 1. The van der Waals surface area contributed by atoms with E-state index in [1.54, 1.807) is 28.9 Å². The van der Waals surface area contributed by atoms with Crippen molar-refractivity contribution in [1.82, 2.24) is 19.6 Å². The number of sulfone groups is 1. The summed E-state index contributed by atoms with van der Waals surface area (Å²) in [7, 11) is -1.85. The molecule has 0 fully saturated rings. The van der Waals surface area contributed by atoms with Crippen LogP contribution in [-0.2, 0) is 16.4 Å². The Hall–Kier alpha value is -3.53. The highest BCUT2D eigenvalue weighted by atomic mass is 32.2. The maximum absolute atomic E-state index is 14.1. The Balaban J connectivity index is 1.65. The van der Waals surface area contributed by atoms with Gasteiger partial charge in [0, 0.05) is 35.7 Å². The lowest BCUT2D eigenvalue weighted by Crippen LogP contribution is -2.06. The molecule has 4 rings (SSSR count). The number of ether oxygens (including phenoxy) is 1. The Bertz CT molecular complexity index is 1320. The van der Waals surface area contributed by atoms with Crippen LogP contribution in [0.4, 0.5) is 10.2 Å². The number of nitrogens with zero attached hydrogens (tertiary/aromatic N) is 4. The normalized spacial score (nSPS) is 11.6. The van der Waals surface area contributed by atoms with Crippen molar-refractivity contribution in [3.05, 3.63) is 66.4 Å². The molecular weight excluding hydrogens is 409 g/mol. The third-order valence-electron chi connectivity index (χ3n) is 4.60. The van der Waals surface area contributed by atoms with Crippen molar-refractivity contribution in [3.63, 3.8) is 0 Å². The fourth-order valence-electron chi connectivity index (χ4n) is 3.04. The zero-order valence-electron chi connectivity index (χ0n) is 16.2. The van der Waals surface area contributed by atoms with Crippen LogP contribution in [0, 0.1) is 5.82 Å². The molecule has 10 heteroatoms. The number of fused-ring (bicyclic) bond motifs is 1. The van der Waals surface area contributed by atoms with Crippen LogP contribution in [-0.4, -0.2) is 41.4 Å². The Morgan fingerprint density at radius 2 is 2.00 bits per heavy atom. The van der Waals surface area contributed by atoms with Crippen LogP contribution in [0.3, 0.4) is 0 Å². The Labute approximate surface area is 172 Å². The fourth-order valence-corrected chi connectivity index (χ4v) is 3.60. The Morgan fingerprint density at radius 3 is 2.70 bits per heavy atom. The van der Waals surface area contributed by atoms with Crippen molar-refractivity contribution < 1.29 is 17.5 Å². The summed E-state index contributed by atoms with van der Waals surface area (Å²) in [6, 6.07) is 11.3. The van der Waals surface area contributed by atoms with Gasteiger partial charge in [-0.25, -0.2) is 17.8 Å². The predicted molar refractivity (Wildman–Crippen MR) is 110 cm³/mol. The van der Waals surface area contributed by atoms with Crippen LogP contribution in [0.25, 0.3) is 16.8 Å². The predicted octanol–water partition coefficient (Wildman–Crippen LogP) is 2.95. The van der Waals surface area contributed by atoms with E-state index in [1.165, 1.54) is 25.4 Å². The van der Waals surface area contributed by atoms with Gasteiger partial charge in [0.1, 0.15) is 23.7 Å². The second-order valence-corrected chi connectivity index (χ2v) is 8.59. The van der Waals surface area contributed by atoms with Gasteiger partial charge in [-0.2, -0.15) is 0 Å². The van der Waals surface area contributed by atoms with Crippen LogP contribution in [0.1, 0.15) is 5.56 Å². The van der Waals surface area contributed by atoms with Gasteiger partial charge in [-0.05, 0) is 42.5 Å². The topological polar surface area (TPSA) is 98.5 Å². The molecule has 0 saturated heterocycles. The van der Waals surface area contributed by atoms with Crippen LogP contribution < -0.4 is 10.1 Å². The number of rotatable bonds is 6. The fraction of sp³-hybridized carbons (Fsp3) is 0.150. The first-order valence-corrected chi connectivity index (χ1v) is 10.8. The summed E-state index contributed by atoms with van der Waals surface area (Å²) in [5.74, 6) is 0.904. The maximum Gasteiger partial charge on any atom is 0.192 e. The third-order valence-corrected chi connectivity index (χ3v) is 5.60. The molecule has 0 aliphatic heterocycles. The van der Waals surface area contributed by atoms with E-state index in [4.69, 9.17) is 4.74 Å². The van der Waals surface area contributed by atoms with Gasteiger partial charge in [-0.1, -0.05) is 0 Å². The molecule has 1 aromatic carbocycles. The molecule has 0 atom stereocenters. The quantitative estimate of drug-likeness (QED) is 0.505. The van der Waals surface area contributed by atoms with E-state index >= 15 is 0 Å². The monoisotopic (exact) mass is 427 g/mol. The Morgan fingerprint density at radius 1 is 1.17 bits per heavy atom. The molecule has 0 aliphatic carbocycles. The molecule has 3 heterocycles. The van der Waals surface area contributed by atoms with Crippen LogP contribution in [0.15, 0.2) is 60.0 Å². The smallest absolute Gasteiger partial charge is 0.192 e. The van der Waals surface area contributed by atoms with Gasteiger partial charge in [0.2, 0.25) is 0 Å². The van der Waals surface area contributed by atoms with Gasteiger partial charge in [0.15, 0.2) is 20.5 Å². The molecule has 30 heavy (non-hydrogen) atoms. The SMILES string of the molecule is COc1ccc(F)c(CNc2ccc(-c3ccc(S(C)(=O)=O)nc3)c3nncn23)c1. The van der Waals surface area contributed by atoms with Crippen molar-refractivity contribution >= 4 is 21.3 Å². The number of pyridine rings is 2. The highest BCUT2D eigenvalue weighted by molar-refractivity contribution is 7.90. The molecule has 0 unspecified atom stereocenters. The van der Waals surface area contributed by atoms with Crippen molar-refractivity contribution in [2.75, 3.05) is 18.7 Å². The number of hydrogen-bond donors (Lipinski definition) is 1. The highest BCUT2D eigenvalue weighted by Gasteiger charge is 2.13. The number of aromatic nitrogens is 4. The second kappa shape index (κ2) is 7.71. The van der Waals surface area contributed by atoms with E-state index in [1.807, 2.05) is 12.1 Å². The molecule has 154 valence electrons. The number of halogens is 1. The molecular formula is C20H18FN5O3S. The average Bonchev–Trinajstić information content (AvgIpc) is 3.23. The summed E-state index contributed by atoms with van der Waals surface area (Å²) in [6.45, 7) is 0.236. The molecule has 4 aromatic rings. The van der Waals surface area contributed by atoms with Gasteiger partial charge in [0.05, 0.1) is 7.11 Å². The number of anilines is 1. The van der Waals surface area contributed by atoms with Crippen molar-refractivity contribution in [2.45, 2.75) is 11.6 Å². The maximum atomic E-state index is 14.1. The minimum Gasteiger partial charge on any atom is -0.497 e. The minimum atomic E-state index is -3.38. The van der Waals surface area contributed by atoms with Gasteiger partial charge in [0.25, 0.3) is 0 Å². The van der Waals surface area contributed by atoms with Crippen molar-refractivity contribution in [1.29, 1.82) is 0 Å². The van der Waals surface area contributed by atoms with Crippen LogP contribution in [0.2, 0.25) is 0 Å². The lowest BCUT2D eigenvalue weighted by Gasteiger charge is -2.12. The molecule has 0 radical (unpaired) electrons. The molecule has 0 spiro atoms. The van der Waals surface area contributed by atoms with Crippen LogP contribution >= 0.6 is 0 Å². The summed E-state index contributed by atoms with van der Waals surface area (Å²) >= 11 is 0. The first-order valence-electron chi connectivity index (χ1n) is 8.92. The summed E-state index contributed by atoms with van der Waals surface area (Å²) in [6.07, 6.45) is 4.14. The summed E-state index contributed by atoms with van der Waals surface area (Å²) < 4.78 is 44.2. The van der Waals surface area contributed by atoms with Crippen molar-refractivity contribution in [3.8, 4) is 16.9 Å². The highest BCUT2D eigenvalue weighted by Crippen LogP contribution is 2.27. The molecule has 0 amide bonds.